The van der Waals surface area contributed by atoms with Gasteiger partial charge in [-0.3, -0.25) is 9.59 Å². The molecule has 1 N–H and O–H groups in total. The molecule has 0 aliphatic heterocycles. The van der Waals surface area contributed by atoms with Gasteiger partial charge in [-0.1, -0.05) is 6.92 Å². The summed E-state index contributed by atoms with van der Waals surface area (Å²) < 4.78 is 10.2. The standard InChI is InChI=1S/C14H19NO5/c1-9(14(17)18)8-15(2)13(16)10-5-11(19-3)7-12(6-10)20-4/h5-7,9H,8H2,1-4H3,(H,17,18). The summed E-state index contributed by atoms with van der Waals surface area (Å²) in [5.74, 6) is -0.834. The minimum atomic E-state index is -0.937. The Bertz CT molecular complexity index is 478. The van der Waals surface area contributed by atoms with Crippen molar-refractivity contribution in [1.82, 2.24) is 4.90 Å². The lowest BCUT2D eigenvalue weighted by atomic mass is 10.1. The van der Waals surface area contributed by atoms with Crippen LogP contribution in [0.3, 0.4) is 0 Å². The van der Waals surface area contributed by atoms with Gasteiger partial charge in [-0.15, -0.1) is 0 Å². The van der Waals surface area contributed by atoms with Gasteiger partial charge in [0.15, 0.2) is 0 Å². The number of nitrogens with zero attached hydrogens (tertiary/aromatic N) is 1. The average Bonchev–Trinajstić information content (AvgIpc) is 2.45. The summed E-state index contributed by atoms with van der Waals surface area (Å²) in [5.41, 5.74) is 0.390. The molecule has 0 saturated carbocycles. The molecule has 1 rings (SSSR count). The van der Waals surface area contributed by atoms with Crippen molar-refractivity contribution >= 4 is 11.9 Å². The van der Waals surface area contributed by atoms with Crippen LogP contribution in [0.1, 0.15) is 17.3 Å². The Morgan fingerprint density at radius 3 is 2.10 bits per heavy atom. The number of carbonyl (C=O) groups is 2. The summed E-state index contributed by atoms with van der Waals surface area (Å²) in [7, 11) is 4.56. The number of benzene rings is 1. The molecule has 20 heavy (non-hydrogen) atoms. The summed E-state index contributed by atoms with van der Waals surface area (Å²) in [4.78, 5) is 24.4. The lowest BCUT2D eigenvalue weighted by molar-refractivity contribution is -0.141. The maximum absolute atomic E-state index is 12.3. The highest BCUT2D eigenvalue weighted by Gasteiger charge is 2.19. The molecule has 0 aliphatic carbocycles. The normalized spacial score (nSPS) is 11.6. The van der Waals surface area contributed by atoms with Crippen LogP contribution in [0.15, 0.2) is 18.2 Å². The van der Waals surface area contributed by atoms with Crippen molar-refractivity contribution < 1.29 is 24.2 Å². The van der Waals surface area contributed by atoms with Crippen molar-refractivity contribution in [2.45, 2.75) is 6.92 Å². The summed E-state index contributed by atoms with van der Waals surface area (Å²) in [5, 5.41) is 8.87. The molecule has 6 heteroatoms. The van der Waals surface area contributed by atoms with E-state index in [0.29, 0.717) is 17.1 Å². The highest BCUT2D eigenvalue weighted by atomic mass is 16.5. The first kappa shape index (κ1) is 15.8. The molecule has 1 unspecified atom stereocenters. The minimum Gasteiger partial charge on any atom is -0.497 e. The van der Waals surface area contributed by atoms with Gasteiger partial charge in [0.2, 0.25) is 0 Å². The van der Waals surface area contributed by atoms with Crippen LogP contribution in [-0.4, -0.2) is 49.7 Å². The highest BCUT2D eigenvalue weighted by Crippen LogP contribution is 2.23. The first-order valence-electron chi connectivity index (χ1n) is 6.10. The second-order valence-corrected chi connectivity index (χ2v) is 4.53. The fourth-order valence-electron chi connectivity index (χ4n) is 1.72. The molecule has 0 spiro atoms. The maximum Gasteiger partial charge on any atom is 0.308 e. The third-order valence-electron chi connectivity index (χ3n) is 2.91. The predicted octanol–water partition coefficient (Wildman–Crippen LogP) is 1.50. The number of hydrogen-bond donors (Lipinski definition) is 1. The largest absolute Gasteiger partial charge is 0.497 e. The second-order valence-electron chi connectivity index (χ2n) is 4.53. The van der Waals surface area contributed by atoms with Crippen LogP contribution in [0.25, 0.3) is 0 Å². The van der Waals surface area contributed by atoms with E-state index in [-0.39, 0.29) is 12.5 Å². The van der Waals surface area contributed by atoms with E-state index in [1.165, 1.54) is 19.1 Å². The Balaban J connectivity index is 2.93. The number of ether oxygens (including phenoxy) is 2. The van der Waals surface area contributed by atoms with E-state index in [0.717, 1.165) is 0 Å². The molecule has 0 bridgehead atoms. The number of carboxylic acids is 1. The first-order valence-corrected chi connectivity index (χ1v) is 6.10. The van der Waals surface area contributed by atoms with E-state index in [1.807, 2.05) is 0 Å². The highest BCUT2D eigenvalue weighted by molar-refractivity contribution is 5.95. The molecule has 0 heterocycles. The van der Waals surface area contributed by atoms with Gasteiger partial charge in [-0.25, -0.2) is 0 Å². The fourth-order valence-corrected chi connectivity index (χ4v) is 1.72. The molecule has 0 aliphatic rings. The van der Waals surface area contributed by atoms with Gasteiger partial charge < -0.3 is 19.5 Å². The Morgan fingerprint density at radius 2 is 1.70 bits per heavy atom. The van der Waals surface area contributed by atoms with Crippen molar-refractivity contribution in [3.8, 4) is 11.5 Å². The zero-order valence-electron chi connectivity index (χ0n) is 12.0. The van der Waals surface area contributed by atoms with E-state index < -0.39 is 11.9 Å². The number of methoxy groups -OCH3 is 2. The number of rotatable bonds is 6. The van der Waals surface area contributed by atoms with E-state index in [2.05, 4.69) is 0 Å². The number of carbonyl (C=O) groups excluding carboxylic acids is 1. The van der Waals surface area contributed by atoms with Crippen molar-refractivity contribution in [1.29, 1.82) is 0 Å². The van der Waals surface area contributed by atoms with Crippen LogP contribution in [0, 0.1) is 5.92 Å². The smallest absolute Gasteiger partial charge is 0.308 e. The molecule has 0 saturated heterocycles. The van der Waals surface area contributed by atoms with Crippen molar-refractivity contribution in [2.75, 3.05) is 27.8 Å². The van der Waals surface area contributed by atoms with Gasteiger partial charge in [-0.05, 0) is 12.1 Å². The second kappa shape index (κ2) is 6.79. The van der Waals surface area contributed by atoms with E-state index in [4.69, 9.17) is 14.6 Å². The van der Waals surface area contributed by atoms with Gasteiger partial charge in [0.25, 0.3) is 5.91 Å². The lowest BCUT2D eigenvalue weighted by Gasteiger charge is -2.20. The van der Waals surface area contributed by atoms with Gasteiger partial charge >= 0.3 is 5.97 Å². The molecular weight excluding hydrogens is 262 g/mol. The maximum atomic E-state index is 12.3. The van der Waals surface area contributed by atoms with Crippen molar-refractivity contribution in [3.05, 3.63) is 23.8 Å². The van der Waals surface area contributed by atoms with Crippen LogP contribution < -0.4 is 9.47 Å². The van der Waals surface area contributed by atoms with Gasteiger partial charge in [-0.2, -0.15) is 0 Å². The number of amides is 1. The van der Waals surface area contributed by atoms with E-state index in [9.17, 15) is 9.59 Å². The minimum absolute atomic E-state index is 0.133. The molecule has 1 aromatic rings. The Hall–Kier alpha value is -2.24. The van der Waals surface area contributed by atoms with Crippen LogP contribution in [0.2, 0.25) is 0 Å². The number of carboxylic acid groups (broad SMARTS) is 1. The molecule has 6 nitrogen and oxygen atoms in total. The predicted molar refractivity (Wildman–Crippen MR) is 73.3 cm³/mol. The lowest BCUT2D eigenvalue weighted by Crippen LogP contribution is -2.33. The fraction of sp³-hybridized carbons (Fsp3) is 0.429. The van der Waals surface area contributed by atoms with Crippen LogP contribution in [0.4, 0.5) is 0 Å². The van der Waals surface area contributed by atoms with E-state index in [1.54, 1.807) is 32.2 Å². The molecule has 0 radical (unpaired) electrons. The summed E-state index contributed by atoms with van der Waals surface area (Å²) in [6, 6.07) is 4.84. The zero-order chi connectivity index (χ0) is 15.3. The number of aliphatic carboxylic acids is 1. The molecule has 110 valence electrons. The SMILES string of the molecule is COc1cc(OC)cc(C(=O)N(C)CC(C)C(=O)O)c1. The van der Waals surface area contributed by atoms with Crippen molar-refractivity contribution in [3.63, 3.8) is 0 Å². The quantitative estimate of drug-likeness (QED) is 0.855. The third-order valence-corrected chi connectivity index (χ3v) is 2.91. The van der Waals surface area contributed by atoms with Crippen LogP contribution in [-0.2, 0) is 4.79 Å². The summed E-state index contributed by atoms with van der Waals surface area (Å²) >= 11 is 0. The van der Waals surface area contributed by atoms with Crippen LogP contribution >= 0.6 is 0 Å². The van der Waals surface area contributed by atoms with Gasteiger partial charge in [0, 0.05) is 25.2 Å². The summed E-state index contributed by atoms with van der Waals surface area (Å²) in [6.45, 7) is 1.69. The Morgan fingerprint density at radius 1 is 1.20 bits per heavy atom. The topological polar surface area (TPSA) is 76.1 Å². The molecule has 1 amide bonds. The third kappa shape index (κ3) is 3.88. The molecule has 1 atom stereocenters. The molecule has 0 aromatic heterocycles. The van der Waals surface area contributed by atoms with Gasteiger partial charge in [0.05, 0.1) is 20.1 Å². The summed E-state index contributed by atoms with van der Waals surface area (Å²) in [6.07, 6.45) is 0. The monoisotopic (exact) mass is 281 g/mol. The molecule has 0 fully saturated rings. The van der Waals surface area contributed by atoms with E-state index >= 15 is 0 Å². The zero-order valence-corrected chi connectivity index (χ0v) is 12.0. The molecule has 1 aromatic carbocycles. The number of hydrogen-bond acceptors (Lipinski definition) is 4. The van der Waals surface area contributed by atoms with Gasteiger partial charge in [0.1, 0.15) is 11.5 Å². The Labute approximate surface area is 117 Å². The Kier molecular flexibility index (Phi) is 5.37. The average molecular weight is 281 g/mol. The van der Waals surface area contributed by atoms with Crippen molar-refractivity contribution in [2.24, 2.45) is 5.92 Å². The van der Waals surface area contributed by atoms with Crippen LogP contribution in [0.5, 0.6) is 11.5 Å². The first-order chi connectivity index (χ1) is 9.38. The molecular formula is C14H19NO5.